The van der Waals surface area contributed by atoms with Crippen molar-refractivity contribution in [3.8, 4) is 16.3 Å². The smallest absolute Gasteiger partial charge is 0.263 e. The van der Waals surface area contributed by atoms with E-state index >= 15 is 0 Å². The van der Waals surface area contributed by atoms with Crippen LogP contribution in [0.2, 0.25) is 5.02 Å². The predicted molar refractivity (Wildman–Crippen MR) is 114 cm³/mol. The number of rotatable bonds is 5. The van der Waals surface area contributed by atoms with E-state index < -0.39 is 0 Å². The Labute approximate surface area is 172 Å². The number of hydrogen-bond donors (Lipinski definition) is 1. The summed E-state index contributed by atoms with van der Waals surface area (Å²) in [5.74, 6) is 0.705. The molecule has 0 spiro atoms. The van der Waals surface area contributed by atoms with Crippen molar-refractivity contribution >= 4 is 34.5 Å². The molecular formula is C21H20ClN3O2S. The van der Waals surface area contributed by atoms with Gasteiger partial charge in [0.25, 0.3) is 5.91 Å². The van der Waals surface area contributed by atoms with Gasteiger partial charge in [0, 0.05) is 29.7 Å². The van der Waals surface area contributed by atoms with E-state index in [9.17, 15) is 4.79 Å². The first-order chi connectivity index (χ1) is 13.6. The third kappa shape index (κ3) is 3.98. The summed E-state index contributed by atoms with van der Waals surface area (Å²) in [6.07, 6.45) is 2.51. The summed E-state index contributed by atoms with van der Waals surface area (Å²) in [4.78, 5) is 19.9. The Bertz CT molecular complexity index is 977. The van der Waals surface area contributed by atoms with Crippen LogP contribution in [-0.4, -0.2) is 37.1 Å². The van der Waals surface area contributed by atoms with Gasteiger partial charge in [-0.1, -0.05) is 41.9 Å². The van der Waals surface area contributed by atoms with Gasteiger partial charge in [-0.05, 0) is 24.6 Å². The van der Waals surface area contributed by atoms with Crippen molar-refractivity contribution in [1.29, 1.82) is 0 Å². The lowest BCUT2D eigenvalue weighted by Gasteiger charge is -2.21. The van der Waals surface area contributed by atoms with E-state index in [1.807, 2.05) is 48.5 Å². The molecule has 1 amide bonds. The second kappa shape index (κ2) is 8.20. The molecule has 1 fully saturated rings. The quantitative estimate of drug-likeness (QED) is 0.670. The minimum atomic E-state index is -0.0791. The highest BCUT2D eigenvalue weighted by atomic mass is 35.5. The molecule has 7 heteroatoms. The van der Waals surface area contributed by atoms with Gasteiger partial charge in [-0.25, -0.2) is 4.98 Å². The molecule has 144 valence electrons. The largest absolute Gasteiger partial charge is 0.495 e. The molecule has 1 aliphatic heterocycles. The molecule has 1 aliphatic rings. The summed E-state index contributed by atoms with van der Waals surface area (Å²) in [6, 6.07) is 15.5. The first kappa shape index (κ1) is 18.8. The number of anilines is 1. The van der Waals surface area contributed by atoms with E-state index in [0.717, 1.165) is 35.0 Å². The molecule has 1 saturated heterocycles. The molecule has 2 heterocycles. The molecule has 1 unspecified atom stereocenters. The van der Waals surface area contributed by atoms with E-state index in [0.29, 0.717) is 16.4 Å². The average molecular weight is 414 g/mol. The van der Waals surface area contributed by atoms with Gasteiger partial charge < -0.3 is 15.0 Å². The summed E-state index contributed by atoms with van der Waals surface area (Å²) in [6.45, 7) is 1.55. The van der Waals surface area contributed by atoms with E-state index in [1.165, 1.54) is 11.3 Å². The third-order valence-corrected chi connectivity index (χ3v) is 6.04. The van der Waals surface area contributed by atoms with Gasteiger partial charge >= 0.3 is 0 Å². The topological polar surface area (TPSA) is 54.5 Å². The summed E-state index contributed by atoms with van der Waals surface area (Å²) in [5.41, 5.74) is 1.97. The van der Waals surface area contributed by atoms with Crippen LogP contribution in [-0.2, 0) is 0 Å². The minimum absolute atomic E-state index is 0.0680. The highest BCUT2D eigenvalue weighted by Crippen LogP contribution is 2.33. The second-order valence-electron chi connectivity index (χ2n) is 6.62. The standard InChI is InChI=1S/C21H20ClN3O2S/c1-27-18-8-7-15(22)11-17(18)25-10-9-16(13-25)24-20(26)19-12-23-21(28-19)14-5-3-2-4-6-14/h2-8,11-12,16H,9-10,13H2,1H3,(H,24,26). The molecule has 1 aromatic heterocycles. The number of carbonyl (C=O) groups is 1. The molecule has 5 nitrogen and oxygen atoms in total. The van der Waals surface area contributed by atoms with E-state index in [1.54, 1.807) is 13.3 Å². The average Bonchev–Trinajstić information content (AvgIpc) is 3.38. The van der Waals surface area contributed by atoms with Gasteiger partial charge in [-0.3, -0.25) is 4.79 Å². The number of thiazole rings is 1. The van der Waals surface area contributed by atoms with Crippen molar-refractivity contribution in [3.63, 3.8) is 0 Å². The van der Waals surface area contributed by atoms with Gasteiger partial charge in [0.1, 0.15) is 15.6 Å². The van der Waals surface area contributed by atoms with Crippen molar-refractivity contribution in [3.05, 3.63) is 64.6 Å². The summed E-state index contributed by atoms with van der Waals surface area (Å²) < 4.78 is 5.45. The number of amides is 1. The number of aromatic nitrogens is 1. The van der Waals surface area contributed by atoms with E-state index in [2.05, 4.69) is 15.2 Å². The van der Waals surface area contributed by atoms with Gasteiger partial charge in [0.05, 0.1) is 19.0 Å². The van der Waals surface area contributed by atoms with Gasteiger partial charge in [0.15, 0.2) is 0 Å². The van der Waals surface area contributed by atoms with Gasteiger partial charge in [-0.2, -0.15) is 0 Å². The van der Waals surface area contributed by atoms with Crippen LogP contribution in [0.5, 0.6) is 5.75 Å². The monoisotopic (exact) mass is 413 g/mol. The Morgan fingerprint density at radius 2 is 2.11 bits per heavy atom. The van der Waals surface area contributed by atoms with Crippen LogP contribution >= 0.6 is 22.9 Å². The molecule has 1 atom stereocenters. The molecular weight excluding hydrogens is 394 g/mol. The van der Waals surface area contributed by atoms with E-state index in [-0.39, 0.29) is 11.9 Å². The SMILES string of the molecule is COc1ccc(Cl)cc1N1CCC(NC(=O)c2cnc(-c3ccccc3)s2)C1. The number of nitrogens with one attached hydrogen (secondary N) is 1. The predicted octanol–water partition coefficient (Wildman–Crippen LogP) is 4.48. The summed E-state index contributed by atoms with van der Waals surface area (Å²) >= 11 is 7.56. The maximum atomic E-state index is 12.7. The zero-order valence-electron chi connectivity index (χ0n) is 15.4. The van der Waals surface area contributed by atoms with Crippen LogP contribution in [0, 0.1) is 0 Å². The maximum Gasteiger partial charge on any atom is 0.263 e. The molecule has 0 aliphatic carbocycles. The highest BCUT2D eigenvalue weighted by Gasteiger charge is 2.27. The van der Waals surface area contributed by atoms with Crippen molar-refractivity contribution in [2.45, 2.75) is 12.5 Å². The minimum Gasteiger partial charge on any atom is -0.495 e. The Morgan fingerprint density at radius 3 is 2.89 bits per heavy atom. The van der Waals surface area contributed by atoms with Gasteiger partial charge in [-0.15, -0.1) is 11.3 Å². The Kier molecular flexibility index (Phi) is 5.50. The number of hydrogen-bond acceptors (Lipinski definition) is 5. The molecule has 28 heavy (non-hydrogen) atoms. The molecule has 0 bridgehead atoms. The number of ether oxygens (including phenoxy) is 1. The van der Waals surface area contributed by atoms with Crippen molar-refractivity contribution in [1.82, 2.24) is 10.3 Å². The molecule has 3 aromatic rings. The van der Waals surface area contributed by atoms with Crippen LogP contribution < -0.4 is 15.0 Å². The van der Waals surface area contributed by atoms with Crippen LogP contribution in [0.1, 0.15) is 16.1 Å². The van der Waals surface area contributed by atoms with Gasteiger partial charge in [0.2, 0.25) is 0 Å². The summed E-state index contributed by atoms with van der Waals surface area (Å²) in [7, 11) is 1.65. The first-order valence-electron chi connectivity index (χ1n) is 9.04. The highest BCUT2D eigenvalue weighted by molar-refractivity contribution is 7.16. The van der Waals surface area contributed by atoms with E-state index in [4.69, 9.17) is 16.3 Å². The fraction of sp³-hybridized carbons (Fsp3) is 0.238. The lowest BCUT2D eigenvalue weighted by molar-refractivity contribution is 0.0944. The molecule has 2 aromatic carbocycles. The number of nitrogens with zero attached hydrogens (tertiary/aromatic N) is 2. The zero-order valence-corrected chi connectivity index (χ0v) is 17.0. The van der Waals surface area contributed by atoms with Crippen molar-refractivity contribution in [2.24, 2.45) is 0 Å². The number of benzene rings is 2. The molecule has 1 N–H and O–H groups in total. The second-order valence-corrected chi connectivity index (χ2v) is 8.08. The van der Waals surface area contributed by atoms with Crippen molar-refractivity contribution < 1.29 is 9.53 Å². The molecule has 4 rings (SSSR count). The molecule has 0 saturated carbocycles. The van der Waals surface area contributed by atoms with Crippen LogP contribution in [0.3, 0.4) is 0 Å². The third-order valence-electron chi connectivity index (χ3n) is 4.76. The number of halogens is 1. The zero-order chi connectivity index (χ0) is 19.5. The normalized spacial score (nSPS) is 16.2. The summed E-state index contributed by atoms with van der Waals surface area (Å²) in [5, 5.41) is 4.65. The lowest BCUT2D eigenvalue weighted by Crippen LogP contribution is -2.36. The van der Waals surface area contributed by atoms with Crippen LogP contribution in [0.25, 0.3) is 10.6 Å². The van der Waals surface area contributed by atoms with Crippen molar-refractivity contribution in [2.75, 3.05) is 25.1 Å². The fourth-order valence-electron chi connectivity index (χ4n) is 3.36. The van der Waals surface area contributed by atoms with Crippen LogP contribution in [0.15, 0.2) is 54.7 Å². The fourth-order valence-corrected chi connectivity index (χ4v) is 4.35. The maximum absolute atomic E-state index is 12.7. The Balaban J connectivity index is 1.42. The number of carbonyl (C=O) groups excluding carboxylic acids is 1. The van der Waals surface area contributed by atoms with Crippen LogP contribution in [0.4, 0.5) is 5.69 Å². The molecule has 0 radical (unpaired) electrons. The number of methoxy groups -OCH3 is 1. The lowest BCUT2D eigenvalue weighted by atomic mass is 10.2. The Morgan fingerprint density at radius 1 is 1.29 bits per heavy atom. The first-order valence-corrected chi connectivity index (χ1v) is 10.2. The Hall–Kier alpha value is -2.57.